The molecule has 0 spiro atoms. The fourth-order valence-corrected chi connectivity index (χ4v) is 2.41. The largest absolute Gasteiger partial charge is 0.383 e. The van der Waals surface area contributed by atoms with Crippen LogP contribution in [0.15, 0.2) is 23.8 Å². The Kier molecular flexibility index (Phi) is 1.81. The van der Waals surface area contributed by atoms with Gasteiger partial charge in [0.25, 0.3) is 0 Å². The molecule has 0 bridgehead atoms. The van der Waals surface area contributed by atoms with Crippen LogP contribution in [-0.2, 0) is 6.42 Å². The van der Waals surface area contributed by atoms with Crippen molar-refractivity contribution in [2.45, 2.75) is 20.3 Å². The summed E-state index contributed by atoms with van der Waals surface area (Å²) in [6.45, 7) is 4.22. The highest BCUT2D eigenvalue weighted by Gasteiger charge is 2.16. The van der Waals surface area contributed by atoms with Gasteiger partial charge in [-0.1, -0.05) is 23.8 Å². The molecule has 0 aliphatic heterocycles. The first-order valence-corrected chi connectivity index (χ1v) is 5.51. The number of fused-ring (bicyclic) bond motifs is 3. The van der Waals surface area contributed by atoms with Crippen LogP contribution in [0.3, 0.4) is 0 Å². The summed E-state index contributed by atoms with van der Waals surface area (Å²) in [5, 5.41) is 1.24. The highest BCUT2D eigenvalue weighted by atomic mass is 14.8. The number of rotatable bonds is 0. The van der Waals surface area contributed by atoms with Gasteiger partial charge in [0, 0.05) is 10.9 Å². The van der Waals surface area contributed by atoms with Gasteiger partial charge >= 0.3 is 0 Å². The van der Waals surface area contributed by atoms with Crippen molar-refractivity contribution in [3.05, 3.63) is 40.5 Å². The van der Waals surface area contributed by atoms with E-state index in [2.05, 4.69) is 43.1 Å². The van der Waals surface area contributed by atoms with E-state index in [4.69, 9.17) is 5.73 Å². The van der Waals surface area contributed by atoms with Gasteiger partial charge in [-0.2, -0.15) is 0 Å². The summed E-state index contributed by atoms with van der Waals surface area (Å²) in [4.78, 5) is 4.48. The van der Waals surface area contributed by atoms with Gasteiger partial charge in [0.1, 0.15) is 5.82 Å². The average molecular weight is 210 g/mol. The number of nitrogens with two attached hydrogens (primary N) is 1. The Hall–Kier alpha value is -1.83. The molecule has 1 aromatic carbocycles. The zero-order valence-electron chi connectivity index (χ0n) is 9.54. The summed E-state index contributed by atoms with van der Waals surface area (Å²) in [6.07, 6.45) is 3.15. The summed E-state index contributed by atoms with van der Waals surface area (Å²) in [6, 6.07) is 6.39. The van der Waals surface area contributed by atoms with E-state index in [1.165, 1.54) is 22.1 Å². The molecule has 1 aliphatic rings. The van der Waals surface area contributed by atoms with Crippen molar-refractivity contribution in [2.75, 3.05) is 5.73 Å². The third kappa shape index (κ3) is 1.23. The number of aromatic nitrogens is 1. The van der Waals surface area contributed by atoms with E-state index in [0.717, 1.165) is 17.5 Å². The maximum Gasteiger partial charge on any atom is 0.131 e. The van der Waals surface area contributed by atoms with E-state index in [9.17, 15) is 0 Å². The number of allylic oxidation sites excluding steroid dienone is 1. The molecule has 0 saturated heterocycles. The molecular weight excluding hydrogens is 196 g/mol. The lowest BCUT2D eigenvalue weighted by molar-refractivity contribution is 1.20. The molecule has 16 heavy (non-hydrogen) atoms. The van der Waals surface area contributed by atoms with E-state index in [1.807, 2.05) is 0 Å². The van der Waals surface area contributed by atoms with Crippen LogP contribution in [0, 0.1) is 6.92 Å². The van der Waals surface area contributed by atoms with Crippen LogP contribution in [-0.4, -0.2) is 4.98 Å². The minimum atomic E-state index is 0.657. The van der Waals surface area contributed by atoms with Gasteiger partial charge in [0.05, 0.1) is 5.52 Å². The van der Waals surface area contributed by atoms with Gasteiger partial charge in [0.15, 0.2) is 0 Å². The quantitative estimate of drug-likeness (QED) is 0.725. The number of nitrogens with zero attached hydrogens (tertiary/aromatic N) is 1. The van der Waals surface area contributed by atoms with Crippen LogP contribution in [0.5, 0.6) is 0 Å². The lowest BCUT2D eigenvalue weighted by atomic mass is 10.0. The van der Waals surface area contributed by atoms with E-state index < -0.39 is 0 Å². The summed E-state index contributed by atoms with van der Waals surface area (Å²) in [5.74, 6) is 0.657. The Morgan fingerprint density at radius 3 is 2.88 bits per heavy atom. The fraction of sp³-hybridized carbons (Fsp3) is 0.214. The van der Waals surface area contributed by atoms with Gasteiger partial charge < -0.3 is 5.73 Å². The summed E-state index contributed by atoms with van der Waals surface area (Å²) < 4.78 is 0. The minimum Gasteiger partial charge on any atom is -0.383 e. The maximum absolute atomic E-state index is 5.99. The van der Waals surface area contributed by atoms with Crippen molar-refractivity contribution >= 4 is 22.8 Å². The first-order valence-electron chi connectivity index (χ1n) is 5.51. The zero-order valence-corrected chi connectivity index (χ0v) is 9.54. The molecule has 0 amide bonds. The summed E-state index contributed by atoms with van der Waals surface area (Å²) in [5.41, 5.74) is 12.0. The van der Waals surface area contributed by atoms with Crippen LogP contribution in [0.25, 0.3) is 17.0 Å². The highest BCUT2D eigenvalue weighted by Crippen LogP contribution is 2.34. The average Bonchev–Trinajstić information content (AvgIpc) is 2.60. The molecule has 1 aliphatic carbocycles. The Bertz CT molecular complexity index is 624. The monoisotopic (exact) mass is 210 g/mol. The van der Waals surface area contributed by atoms with E-state index in [1.54, 1.807) is 0 Å². The second-order valence-corrected chi connectivity index (χ2v) is 4.58. The third-order valence-corrected chi connectivity index (χ3v) is 3.17. The normalized spacial score (nSPS) is 14.0. The summed E-state index contributed by atoms with van der Waals surface area (Å²) in [7, 11) is 0. The van der Waals surface area contributed by atoms with Gasteiger partial charge in [-0.25, -0.2) is 4.98 Å². The van der Waals surface area contributed by atoms with Crippen molar-refractivity contribution in [3.63, 3.8) is 0 Å². The zero-order chi connectivity index (χ0) is 11.3. The molecule has 2 heteroatoms. The van der Waals surface area contributed by atoms with Crippen molar-refractivity contribution in [1.29, 1.82) is 0 Å². The lowest BCUT2D eigenvalue weighted by Crippen LogP contribution is -1.98. The molecule has 80 valence electrons. The molecule has 0 unspecified atom stereocenters. The SMILES string of the molecule is CC1=Cc2c(N)nc3cc(C)ccc3c2C1. The van der Waals surface area contributed by atoms with Crippen LogP contribution in [0.4, 0.5) is 5.82 Å². The van der Waals surface area contributed by atoms with Crippen molar-refractivity contribution < 1.29 is 0 Å². The number of hydrogen-bond donors (Lipinski definition) is 1. The Labute approximate surface area is 94.8 Å². The second-order valence-electron chi connectivity index (χ2n) is 4.58. The Morgan fingerprint density at radius 1 is 1.25 bits per heavy atom. The van der Waals surface area contributed by atoms with Crippen LogP contribution < -0.4 is 5.73 Å². The first-order chi connectivity index (χ1) is 7.65. The van der Waals surface area contributed by atoms with Crippen molar-refractivity contribution in [2.24, 2.45) is 0 Å². The second kappa shape index (κ2) is 3.08. The number of anilines is 1. The number of pyridine rings is 1. The number of nitrogen functional groups attached to an aromatic ring is 1. The predicted molar refractivity (Wildman–Crippen MR) is 68.2 cm³/mol. The van der Waals surface area contributed by atoms with Crippen molar-refractivity contribution in [1.82, 2.24) is 4.98 Å². The molecule has 0 saturated carbocycles. The summed E-state index contributed by atoms with van der Waals surface area (Å²) >= 11 is 0. The van der Waals surface area contributed by atoms with Gasteiger partial charge in [-0.15, -0.1) is 0 Å². The molecule has 1 aromatic heterocycles. The topological polar surface area (TPSA) is 38.9 Å². The van der Waals surface area contributed by atoms with Gasteiger partial charge in [-0.05, 0) is 37.5 Å². The van der Waals surface area contributed by atoms with Crippen LogP contribution in [0.1, 0.15) is 23.6 Å². The molecule has 1 heterocycles. The van der Waals surface area contributed by atoms with Crippen LogP contribution >= 0.6 is 0 Å². The minimum absolute atomic E-state index is 0.657. The number of aryl methyl sites for hydroxylation is 1. The van der Waals surface area contributed by atoms with E-state index in [-0.39, 0.29) is 0 Å². The van der Waals surface area contributed by atoms with Crippen molar-refractivity contribution in [3.8, 4) is 0 Å². The van der Waals surface area contributed by atoms with Gasteiger partial charge in [0.2, 0.25) is 0 Å². The van der Waals surface area contributed by atoms with E-state index >= 15 is 0 Å². The molecule has 2 nitrogen and oxygen atoms in total. The molecule has 0 atom stereocenters. The molecule has 0 fully saturated rings. The molecular formula is C14H14N2. The molecule has 3 rings (SSSR count). The third-order valence-electron chi connectivity index (χ3n) is 3.17. The number of benzene rings is 1. The lowest BCUT2D eigenvalue weighted by Gasteiger charge is -2.08. The van der Waals surface area contributed by atoms with Crippen LogP contribution in [0.2, 0.25) is 0 Å². The molecule has 0 radical (unpaired) electrons. The fourth-order valence-electron chi connectivity index (χ4n) is 2.41. The van der Waals surface area contributed by atoms with E-state index in [0.29, 0.717) is 5.82 Å². The Balaban J connectivity index is 2.40. The molecule has 2 N–H and O–H groups in total. The molecule has 2 aromatic rings. The number of hydrogen-bond acceptors (Lipinski definition) is 2. The van der Waals surface area contributed by atoms with Gasteiger partial charge in [-0.3, -0.25) is 0 Å². The standard InChI is InChI=1S/C14H14N2/c1-8-3-4-10-11-5-9(2)6-12(11)14(15)16-13(10)7-8/h3-4,6-7H,5H2,1-2H3,(H2,15,16). The predicted octanol–water partition coefficient (Wildman–Crippen LogP) is 3.08. The first kappa shape index (κ1) is 9.40. The maximum atomic E-state index is 5.99. The Morgan fingerprint density at radius 2 is 2.06 bits per heavy atom. The smallest absolute Gasteiger partial charge is 0.131 e. The highest BCUT2D eigenvalue weighted by molar-refractivity contribution is 5.91.